The van der Waals surface area contributed by atoms with Crippen LogP contribution in [0, 0.1) is 0 Å². The Morgan fingerprint density at radius 3 is 1.20 bits per heavy atom. The summed E-state index contributed by atoms with van der Waals surface area (Å²) in [6, 6.07) is 36.6. The number of nitrogens with zero attached hydrogens (tertiary/aromatic N) is 7. The standard InChI is InChI=1S/C48H61N7/c1-4-7-10-12-14-18-37-55(38-19-15-13-11-8-5-2)44-33-31-43(32-34-44)52-54-48-36-35-47(45-21-16-17-22-46(45)48)53-51-42-29-27-41(28-30-42)50-49-40-25-23-39(24-26-40)20-9-6-3/h16-17,21-36H,4-15,18-20,37-38H2,1-3H3. The summed E-state index contributed by atoms with van der Waals surface area (Å²) in [7, 11) is 0. The molecule has 7 nitrogen and oxygen atoms in total. The third-order valence-corrected chi connectivity index (χ3v) is 10.1. The van der Waals surface area contributed by atoms with Crippen molar-refractivity contribution in [2.24, 2.45) is 30.7 Å². The molecule has 0 bridgehead atoms. The van der Waals surface area contributed by atoms with Gasteiger partial charge in [0.15, 0.2) is 0 Å². The molecule has 5 rings (SSSR count). The van der Waals surface area contributed by atoms with E-state index < -0.39 is 0 Å². The van der Waals surface area contributed by atoms with Gasteiger partial charge in [-0.2, -0.15) is 20.5 Å². The topological polar surface area (TPSA) is 77.4 Å². The molecule has 0 saturated carbocycles. The van der Waals surface area contributed by atoms with Crippen LogP contribution in [0.25, 0.3) is 10.8 Å². The minimum atomic E-state index is 0.744. The van der Waals surface area contributed by atoms with Gasteiger partial charge in [-0.3, -0.25) is 0 Å². The summed E-state index contributed by atoms with van der Waals surface area (Å²) in [5, 5.41) is 29.3. The van der Waals surface area contributed by atoms with Crippen LogP contribution in [0.2, 0.25) is 0 Å². The van der Waals surface area contributed by atoms with Gasteiger partial charge in [0.1, 0.15) is 0 Å². The van der Waals surface area contributed by atoms with Crippen molar-refractivity contribution in [2.45, 2.75) is 117 Å². The van der Waals surface area contributed by atoms with Gasteiger partial charge in [-0.1, -0.05) is 128 Å². The molecule has 288 valence electrons. The summed E-state index contributed by atoms with van der Waals surface area (Å²) in [5.41, 5.74) is 7.40. The molecule has 0 spiro atoms. The maximum Gasteiger partial charge on any atom is 0.0936 e. The SMILES string of the molecule is CCCCCCCCN(CCCCCCCC)c1ccc(N=Nc2ccc(N=Nc3ccc(N=Nc4ccc(CCCC)cc4)cc3)c3ccccc23)cc1. The highest BCUT2D eigenvalue weighted by Crippen LogP contribution is 2.35. The first kappa shape index (κ1) is 41.1. The van der Waals surface area contributed by atoms with Crippen LogP contribution in [-0.4, -0.2) is 13.1 Å². The summed E-state index contributed by atoms with van der Waals surface area (Å²) >= 11 is 0. The van der Waals surface area contributed by atoms with Gasteiger partial charge >= 0.3 is 0 Å². The summed E-state index contributed by atoms with van der Waals surface area (Å²) in [6.07, 6.45) is 19.3. The Bertz CT molecular complexity index is 1900. The van der Waals surface area contributed by atoms with Crippen molar-refractivity contribution >= 4 is 50.6 Å². The molecule has 0 aromatic heterocycles. The summed E-state index contributed by atoms with van der Waals surface area (Å²) in [5.74, 6) is 0. The van der Waals surface area contributed by atoms with Crippen LogP contribution in [0.5, 0.6) is 0 Å². The largest absolute Gasteiger partial charge is 0.372 e. The lowest BCUT2D eigenvalue weighted by atomic mass is 10.1. The highest BCUT2D eigenvalue weighted by molar-refractivity contribution is 5.99. The van der Waals surface area contributed by atoms with Gasteiger partial charge in [-0.15, -0.1) is 10.2 Å². The number of unbranched alkanes of at least 4 members (excludes halogenated alkanes) is 11. The van der Waals surface area contributed by atoms with Crippen LogP contribution in [0.4, 0.5) is 39.8 Å². The van der Waals surface area contributed by atoms with Crippen LogP contribution in [0.1, 0.15) is 116 Å². The Labute approximate surface area is 330 Å². The second-order valence-electron chi connectivity index (χ2n) is 14.6. The maximum atomic E-state index is 4.69. The second kappa shape index (κ2) is 23.7. The molecule has 0 atom stereocenters. The van der Waals surface area contributed by atoms with Crippen LogP contribution in [0.15, 0.2) is 140 Å². The Kier molecular flexibility index (Phi) is 17.7. The average molecular weight is 736 g/mol. The highest BCUT2D eigenvalue weighted by Gasteiger charge is 2.09. The van der Waals surface area contributed by atoms with Gasteiger partial charge in [0, 0.05) is 29.5 Å². The van der Waals surface area contributed by atoms with Crippen LogP contribution >= 0.6 is 0 Å². The Morgan fingerprint density at radius 2 is 0.745 bits per heavy atom. The van der Waals surface area contributed by atoms with E-state index in [9.17, 15) is 0 Å². The molecular formula is C48H61N7. The van der Waals surface area contributed by atoms with E-state index in [1.807, 2.05) is 60.7 Å². The number of hydrogen-bond acceptors (Lipinski definition) is 7. The fourth-order valence-electron chi connectivity index (χ4n) is 6.74. The molecule has 0 unspecified atom stereocenters. The van der Waals surface area contributed by atoms with Crippen molar-refractivity contribution in [3.63, 3.8) is 0 Å². The third-order valence-electron chi connectivity index (χ3n) is 10.1. The minimum absolute atomic E-state index is 0.744. The van der Waals surface area contributed by atoms with Gasteiger partial charge in [0.25, 0.3) is 0 Å². The van der Waals surface area contributed by atoms with Crippen molar-refractivity contribution in [3.05, 3.63) is 115 Å². The van der Waals surface area contributed by atoms with E-state index in [2.05, 4.69) is 99.8 Å². The van der Waals surface area contributed by atoms with E-state index >= 15 is 0 Å². The highest BCUT2D eigenvalue weighted by atomic mass is 15.1. The van der Waals surface area contributed by atoms with E-state index in [1.54, 1.807) is 0 Å². The average Bonchev–Trinajstić information content (AvgIpc) is 3.23. The lowest BCUT2D eigenvalue weighted by Crippen LogP contribution is -2.25. The molecule has 7 heteroatoms. The van der Waals surface area contributed by atoms with Gasteiger partial charge in [0.2, 0.25) is 0 Å². The summed E-state index contributed by atoms with van der Waals surface area (Å²) in [4.78, 5) is 2.58. The zero-order valence-electron chi connectivity index (χ0n) is 33.5. The van der Waals surface area contributed by atoms with Crippen LogP contribution < -0.4 is 4.90 Å². The monoisotopic (exact) mass is 735 g/mol. The predicted molar refractivity (Wildman–Crippen MR) is 233 cm³/mol. The molecule has 0 saturated heterocycles. The Morgan fingerprint density at radius 1 is 0.364 bits per heavy atom. The molecule has 5 aromatic rings. The van der Waals surface area contributed by atoms with Gasteiger partial charge in [-0.05, 0) is 104 Å². The molecule has 0 aliphatic heterocycles. The van der Waals surface area contributed by atoms with Crippen LogP contribution in [-0.2, 0) is 6.42 Å². The molecule has 0 heterocycles. The molecule has 0 aliphatic rings. The lowest BCUT2D eigenvalue weighted by molar-refractivity contribution is 0.575. The molecular weight excluding hydrogens is 675 g/mol. The van der Waals surface area contributed by atoms with Crippen molar-refractivity contribution in [3.8, 4) is 0 Å². The number of fused-ring (bicyclic) bond motifs is 1. The van der Waals surface area contributed by atoms with E-state index in [0.717, 1.165) is 64.4 Å². The minimum Gasteiger partial charge on any atom is -0.372 e. The van der Waals surface area contributed by atoms with Crippen LogP contribution in [0.3, 0.4) is 0 Å². The van der Waals surface area contributed by atoms with E-state index in [-0.39, 0.29) is 0 Å². The predicted octanol–water partition coefficient (Wildman–Crippen LogP) is 17.0. The van der Waals surface area contributed by atoms with Crippen molar-refractivity contribution < 1.29 is 0 Å². The van der Waals surface area contributed by atoms with Crippen molar-refractivity contribution in [2.75, 3.05) is 18.0 Å². The molecule has 5 aromatic carbocycles. The zero-order chi connectivity index (χ0) is 38.3. The molecule has 0 N–H and O–H groups in total. The second-order valence-corrected chi connectivity index (χ2v) is 14.6. The Hall–Kier alpha value is -5.04. The molecule has 0 aliphatic carbocycles. The maximum absolute atomic E-state index is 4.69. The first-order chi connectivity index (χ1) is 27.2. The first-order valence-electron chi connectivity index (χ1n) is 21.0. The van der Waals surface area contributed by atoms with E-state index in [0.29, 0.717) is 0 Å². The zero-order valence-corrected chi connectivity index (χ0v) is 33.5. The van der Waals surface area contributed by atoms with Crippen molar-refractivity contribution in [1.29, 1.82) is 0 Å². The number of aryl methyl sites for hydroxylation is 1. The fraction of sp³-hybridized carbons (Fsp3) is 0.417. The van der Waals surface area contributed by atoms with E-state index in [1.165, 1.54) is 101 Å². The van der Waals surface area contributed by atoms with Gasteiger partial charge in [0.05, 0.1) is 34.1 Å². The van der Waals surface area contributed by atoms with Gasteiger partial charge in [-0.25, -0.2) is 0 Å². The first-order valence-corrected chi connectivity index (χ1v) is 21.0. The molecule has 0 amide bonds. The number of rotatable bonds is 24. The molecule has 55 heavy (non-hydrogen) atoms. The number of benzene rings is 5. The quantitative estimate of drug-likeness (QED) is 0.0459. The third kappa shape index (κ3) is 14.0. The molecule has 0 fully saturated rings. The molecule has 0 radical (unpaired) electrons. The number of anilines is 1. The fourth-order valence-corrected chi connectivity index (χ4v) is 6.74. The number of azo groups is 3. The summed E-state index contributed by atoms with van der Waals surface area (Å²) < 4.78 is 0. The van der Waals surface area contributed by atoms with E-state index in [4.69, 9.17) is 5.11 Å². The Balaban J connectivity index is 1.20. The summed E-state index contributed by atoms with van der Waals surface area (Å²) in [6.45, 7) is 9.01. The number of hydrogen-bond donors (Lipinski definition) is 0. The van der Waals surface area contributed by atoms with Gasteiger partial charge < -0.3 is 4.90 Å². The van der Waals surface area contributed by atoms with Crippen molar-refractivity contribution in [1.82, 2.24) is 0 Å². The smallest absolute Gasteiger partial charge is 0.0936 e. The lowest BCUT2D eigenvalue weighted by Gasteiger charge is -2.25. The normalized spacial score (nSPS) is 11.8.